The Kier molecular flexibility index (Phi) is 4.92. The molecular weight excluding hydrogens is 290 g/mol. The second kappa shape index (κ2) is 6.04. The molecule has 5 nitrogen and oxygen atoms in total. The van der Waals surface area contributed by atoms with Gasteiger partial charge in [-0.1, -0.05) is 0 Å². The highest BCUT2D eigenvalue weighted by molar-refractivity contribution is 7.11. The first-order chi connectivity index (χ1) is 8.79. The molecule has 0 saturated heterocycles. The van der Waals surface area contributed by atoms with Crippen LogP contribution >= 0.6 is 11.5 Å². The third-order valence-electron chi connectivity index (χ3n) is 2.00. The SMILES string of the molecule is CCOC(=O)c1c(N)nsc1NCC(F)(F)C(F)F. The number of hydrogen-bond acceptors (Lipinski definition) is 6. The van der Waals surface area contributed by atoms with E-state index >= 15 is 0 Å². The number of esters is 1. The van der Waals surface area contributed by atoms with Crippen LogP contribution in [0.25, 0.3) is 0 Å². The van der Waals surface area contributed by atoms with Crippen LogP contribution in [0.1, 0.15) is 17.3 Å². The van der Waals surface area contributed by atoms with Crippen LogP contribution in [0.4, 0.5) is 28.4 Å². The number of nitrogens with two attached hydrogens (primary N) is 1. The highest BCUT2D eigenvalue weighted by atomic mass is 32.1. The molecule has 1 aromatic heterocycles. The van der Waals surface area contributed by atoms with Crippen molar-refractivity contribution in [1.82, 2.24) is 4.37 Å². The van der Waals surface area contributed by atoms with E-state index in [4.69, 9.17) is 5.73 Å². The summed E-state index contributed by atoms with van der Waals surface area (Å²) in [7, 11) is 0. The molecular formula is C9H11F4N3O2S. The number of hydrogen-bond donors (Lipinski definition) is 2. The van der Waals surface area contributed by atoms with Gasteiger partial charge in [0.1, 0.15) is 10.6 Å². The zero-order chi connectivity index (χ0) is 14.6. The van der Waals surface area contributed by atoms with Gasteiger partial charge in [0.2, 0.25) is 0 Å². The fourth-order valence-corrected chi connectivity index (χ4v) is 1.80. The maximum atomic E-state index is 12.7. The molecule has 0 amide bonds. The number of nitrogens with one attached hydrogen (secondary N) is 1. The van der Waals surface area contributed by atoms with Gasteiger partial charge in [-0.3, -0.25) is 0 Å². The topological polar surface area (TPSA) is 77.2 Å². The van der Waals surface area contributed by atoms with Crippen LogP contribution in [0.3, 0.4) is 0 Å². The molecule has 0 saturated carbocycles. The molecule has 1 aromatic rings. The number of carbonyl (C=O) groups excluding carboxylic acids is 1. The third kappa shape index (κ3) is 3.69. The minimum atomic E-state index is -4.22. The number of carbonyl (C=O) groups is 1. The van der Waals surface area contributed by atoms with Gasteiger partial charge in [0.15, 0.2) is 5.82 Å². The fourth-order valence-electron chi connectivity index (χ4n) is 1.10. The van der Waals surface area contributed by atoms with Crippen molar-refractivity contribution in [3.63, 3.8) is 0 Å². The van der Waals surface area contributed by atoms with Crippen molar-refractivity contribution in [3.05, 3.63) is 5.56 Å². The molecule has 1 heterocycles. The monoisotopic (exact) mass is 301 g/mol. The molecule has 3 N–H and O–H groups in total. The van der Waals surface area contributed by atoms with E-state index in [1.54, 1.807) is 6.92 Å². The maximum Gasteiger partial charge on any atom is 0.344 e. The van der Waals surface area contributed by atoms with Crippen molar-refractivity contribution in [1.29, 1.82) is 0 Å². The first-order valence-electron chi connectivity index (χ1n) is 5.11. The lowest BCUT2D eigenvalue weighted by Crippen LogP contribution is -2.34. The molecule has 0 spiro atoms. The Hall–Kier alpha value is -1.58. The zero-order valence-corrected chi connectivity index (χ0v) is 10.6. The highest BCUT2D eigenvalue weighted by Crippen LogP contribution is 2.30. The molecule has 19 heavy (non-hydrogen) atoms. The quantitative estimate of drug-likeness (QED) is 0.622. The van der Waals surface area contributed by atoms with Gasteiger partial charge in [-0.05, 0) is 18.5 Å². The van der Waals surface area contributed by atoms with E-state index in [1.165, 1.54) is 0 Å². The van der Waals surface area contributed by atoms with E-state index in [0.29, 0.717) is 11.5 Å². The average Bonchev–Trinajstić information content (AvgIpc) is 2.68. The first kappa shape index (κ1) is 15.5. The number of halogens is 4. The molecule has 0 aliphatic rings. The van der Waals surface area contributed by atoms with Crippen molar-refractivity contribution in [3.8, 4) is 0 Å². The van der Waals surface area contributed by atoms with Gasteiger partial charge in [0, 0.05) is 0 Å². The third-order valence-corrected chi connectivity index (χ3v) is 2.82. The van der Waals surface area contributed by atoms with Crippen LogP contribution in [0.5, 0.6) is 0 Å². The number of rotatable bonds is 6. The largest absolute Gasteiger partial charge is 0.462 e. The van der Waals surface area contributed by atoms with E-state index < -0.39 is 24.9 Å². The van der Waals surface area contributed by atoms with Gasteiger partial charge < -0.3 is 15.8 Å². The van der Waals surface area contributed by atoms with Crippen molar-refractivity contribution >= 4 is 28.3 Å². The summed E-state index contributed by atoms with van der Waals surface area (Å²) < 4.78 is 57.7. The predicted molar refractivity (Wildman–Crippen MR) is 61.9 cm³/mol. The second-order valence-electron chi connectivity index (χ2n) is 3.41. The number of nitrogens with zero attached hydrogens (tertiary/aromatic N) is 1. The molecule has 0 unspecified atom stereocenters. The molecule has 0 bridgehead atoms. The van der Waals surface area contributed by atoms with Crippen LogP contribution in [-0.2, 0) is 4.74 Å². The summed E-state index contributed by atoms with van der Waals surface area (Å²) in [5, 5.41) is 1.91. The molecule has 0 aromatic carbocycles. The Morgan fingerprint density at radius 2 is 2.21 bits per heavy atom. The average molecular weight is 301 g/mol. The van der Waals surface area contributed by atoms with Crippen LogP contribution in [0, 0.1) is 0 Å². The summed E-state index contributed by atoms with van der Waals surface area (Å²) in [4.78, 5) is 11.5. The summed E-state index contributed by atoms with van der Waals surface area (Å²) in [6.45, 7) is 0.269. The van der Waals surface area contributed by atoms with Crippen molar-refractivity contribution in [2.75, 3.05) is 24.2 Å². The Morgan fingerprint density at radius 3 is 2.74 bits per heavy atom. The summed E-state index contributed by atoms with van der Waals surface area (Å²) >= 11 is 0.618. The zero-order valence-electron chi connectivity index (χ0n) is 9.75. The van der Waals surface area contributed by atoms with Gasteiger partial charge in [0.05, 0.1) is 13.2 Å². The molecule has 1 rings (SSSR count). The van der Waals surface area contributed by atoms with E-state index in [0.717, 1.165) is 0 Å². The molecule has 10 heteroatoms. The van der Waals surface area contributed by atoms with Crippen LogP contribution in [-0.4, -0.2) is 35.8 Å². The van der Waals surface area contributed by atoms with Crippen molar-refractivity contribution < 1.29 is 27.1 Å². The minimum Gasteiger partial charge on any atom is -0.462 e. The molecule has 0 aliphatic heterocycles. The predicted octanol–water partition coefficient (Wildman–Crippen LogP) is 2.21. The number of aromatic nitrogens is 1. The number of ether oxygens (including phenoxy) is 1. The molecule has 0 fully saturated rings. The summed E-state index contributed by atoms with van der Waals surface area (Å²) in [5.74, 6) is -5.27. The highest BCUT2D eigenvalue weighted by Gasteiger charge is 2.40. The first-order valence-corrected chi connectivity index (χ1v) is 5.89. The normalized spacial score (nSPS) is 11.7. The van der Waals surface area contributed by atoms with E-state index in [2.05, 4.69) is 9.11 Å². The summed E-state index contributed by atoms with van der Waals surface area (Å²) in [6.07, 6.45) is -3.81. The summed E-state index contributed by atoms with van der Waals surface area (Å²) in [6, 6.07) is 0. The number of alkyl halides is 4. The molecule has 0 radical (unpaired) electrons. The lowest BCUT2D eigenvalue weighted by atomic mass is 10.3. The van der Waals surface area contributed by atoms with Crippen LogP contribution in [0.15, 0.2) is 0 Å². The Labute approximate surface area is 109 Å². The minimum absolute atomic E-state index is 0.0563. The maximum absolute atomic E-state index is 12.7. The standard InChI is InChI=1S/C9H11F4N3O2S/c1-2-18-7(17)4-5(14)16-19-6(4)15-3-9(12,13)8(10)11/h8,15H,2-3H2,1H3,(H2,14,16). The molecule has 0 aliphatic carbocycles. The molecule has 108 valence electrons. The Bertz CT molecular complexity index is 453. The fraction of sp³-hybridized carbons (Fsp3) is 0.556. The van der Waals surface area contributed by atoms with Crippen molar-refractivity contribution in [2.24, 2.45) is 0 Å². The van der Waals surface area contributed by atoms with Gasteiger partial charge >= 0.3 is 18.3 Å². The summed E-state index contributed by atoms with van der Waals surface area (Å²) in [5.41, 5.74) is 5.17. The Balaban J connectivity index is 2.83. The number of nitrogen functional groups attached to an aromatic ring is 1. The van der Waals surface area contributed by atoms with Gasteiger partial charge in [-0.15, -0.1) is 0 Å². The van der Waals surface area contributed by atoms with Gasteiger partial charge in [-0.25, -0.2) is 13.6 Å². The lowest BCUT2D eigenvalue weighted by molar-refractivity contribution is -0.117. The van der Waals surface area contributed by atoms with E-state index in [-0.39, 0.29) is 23.0 Å². The number of anilines is 2. The van der Waals surface area contributed by atoms with E-state index in [1.807, 2.05) is 5.32 Å². The van der Waals surface area contributed by atoms with Crippen LogP contribution < -0.4 is 11.1 Å². The second-order valence-corrected chi connectivity index (χ2v) is 4.18. The lowest BCUT2D eigenvalue weighted by Gasteiger charge is -2.16. The van der Waals surface area contributed by atoms with Crippen molar-refractivity contribution in [2.45, 2.75) is 19.3 Å². The van der Waals surface area contributed by atoms with Gasteiger partial charge in [-0.2, -0.15) is 13.2 Å². The van der Waals surface area contributed by atoms with E-state index in [9.17, 15) is 22.4 Å². The molecule has 0 atom stereocenters. The van der Waals surface area contributed by atoms with Gasteiger partial charge in [0.25, 0.3) is 0 Å². The smallest absolute Gasteiger partial charge is 0.344 e. The van der Waals surface area contributed by atoms with Crippen LogP contribution in [0.2, 0.25) is 0 Å². The Morgan fingerprint density at radius 1 is 1.58 bits per heavy atom.